The van der Waals surface area contributed by atoms with Crippen molar-refractivity contribution in [3.05, 3.63) is 44.2 Å². The van der Waals surface area contributed by atoms with E-state index in [1.54, 1.807) is 24.3 Å². The SMILES string of the molecule is O.O.Oc1ccccc1.[CH2-]C(CC)CCCCC.[CH2-]C(CC)CCCCC.[Co+2]. The Morgan fingerprint density at radius 3 is 1.29 bits per heavy atom. The summed E-state index contributed by atoms with van der Waals surface area (Å²) in [4.78, 5) is 0. The Kier molecular flexibility index (Phi) is 42.4. The molecule has 4 heteroatoms. The molecule has 171 valence electrons. The first-order valence-corrected chi connectivity index (χ1v) is 10.4. The summed E-state index contributed by atoms with van der Waals surface area (Å²) in [5.74, 6) is 1.73. The van der Waals surface area contributed by atoms with Gasteiger partial charge in [0, 0.05) is 0 Å². The first-order chi connectivity index (χ1) is 12.0. The molecule has 1 rings (SSSR count). The van der Waals surface area contributed by atoms with Gasteiger partial charge in [0.2, 0.25) is 0 Å². The van der Waals surface area contributed by atoms with Crippen molar-refractivity contribution in [3.8, 4) is 5.75 Å². The van der Waals surface area contributed by atoms with Crippen LogP contribution in [0.5, 0.6) is 5.75 Å². The fourth-order valence-electron chi connectivity index (χ4n) is 2.20. The molecular weight excluding hydrogens is 395 g/mol. The molecule has 3 nitrogen and oxygen atoms in total. The first kappa shape index (κ1) is 38.1. The fourth-order valence-corrected chi connectivity index (χ4v) is 2.20. The molecule has 1 radical (unpaired) electrons. The summed E-state index contributed by atoms with van der Waals surface area (Å²) < 4.78 is 0. The molecule has 1 aromatic carbocycles. The molecule has 0 heterocycles. The van der Waals surface area contributed by atoms with Crippen molar-refractivity contribution in [2.24, 2.45) is 11.8 Å². The van der Waals surface area contributed by atoms with Crippen LogP contribution in [0.15, 0.2) is 30.3 Å². The number of unbranched alkanes of at least 4 members (excludes halogenated alkanes) is 4. The molecule has 0 saturated heterocycles. The van der Waals surface area contributed by atoms with Gasteiger partial charge in [0.1, 0.15) is 5.75 Å². The Morgan fingerprint density at radius 1 is 0.714 bits per heavy atom. The predicted octanol–water partition coefficient (Wildman–Crippen LogP) is 6.59. The summed E-state index contributed by atoms with van der Waals surface area (Å²) in [6.45, 7) is 17.0. The molecule has 0 aliphatic carbocycles. The van der Waals surface area contributed by atoms with E-state index < -0.39 is 0 Å². The van der Waals surface area contributed by atoms with E-state index in [1.807, 2.05) is 6.07 Å². The zero-order valence-corrected chi connectivity index (χ0v) is 19.8. The number of phenols is 1. The molecule has 2 atom stereocenters. The standard InChI is InChI=1S/2C9H19.C6H6O.Co.2H2O/c2*1-4-6-7-8-9(3)5-2;7-6-4-2-1-3-5-6;;;/h2*9H,3-8H2,1-2H3;1-5,7H;;2*1H2/q2*-1;;+2;;. The molecule has 1 aromatic rings. The van der Waals surface area contributed by atoms with Gasteiger partial charge in [-0.15, -0.1) is 0 Å². The third-order valence-corrected chi connectivity index (χ3v) is 4.34. The summed E-state index contributed by atoms with van der Waals surface area (Å²) in [7, 11) is 0. The largest absolute Gasteiger partial charge is 2.00 e. The van der Waals surface area contributed by atoms with Gasteiger partial charge in [-0.1, -0.05) is 110 Å². The molecule has 0 aliphatic rings. The zero-order chi connectivity index (χ0) is 19.3. The number of hydrogen-bond acceptors (Lipinski definition) is 1. The Labute approximate surface area is 186 Å². The van der Waals surface area contributed by atoms with Crippen LogP contribution in [0.25, 0.3) is 0 Å². The van der Waals surface area contributed by atoms with Crippen molar-refractivity contribution < 1.29 is 32.8 Å². The maximum atomic E-state index is 8.63. The number of benzene rings is 1. The second kappa shape index (κ2) is 31.2. The minimum atomic E-state index is 0. The fraction of sp³-hybridized carbons (Fsp3) is 0.667. The Bertz CT molecular complexity index is 331. The van der Waals surface area contributed by atoms with E-state index >= 15 is 0 Å². The number of hydrogen-bond donors (Lipinski definition) is 1. The smallest absolute Gasteiger partial charge is 0.508 e. The van der Waals surface area contributed by atoms with Crippen molar-refractivity contribution >= 4 is 0 Å². The van der Waals surface area contributed by atoms with Gasteiger partial charge in [-0.05, 0) is 12.1 Å². The van der Waals surface area contributed by atoms with Crippen LogP contribution in [-0.4, -0.2) is 16.1 Å². The number of rotatable bonds is 10. The van der Waals surface area contributed by atoms with Crippen LogP contribution in [0.1, 0.15) is 91.9 Å². The maximum Gasteiger partial charge on any atom is 2.00 e. The summed E-state index contributed by atoms with van der Waals surface area (Å²) in [6, 6.07) is 8.71. The molecule has 0 aromatic heterocycles. The van der Waals surface area contributed by atoms with Crippen LogP contribution >= 0.6 is 0 Å². The van der Waals surface area contributed by atoms with E-state index in [9.17, 15) is 0 Å². The van der Waals surface area contributed by atoms with Crippen molar-refractivity contribution in [1.82, 2.24) is 0 Å². The van der Waals surface area contributed by atoms with E-state index in [4.69, 9.17) is 5.11 Å². The third-order valence-electron chi connectivity index (χ3n) is 4.34. The molecule has 0 spiro atoms. The van der Waals surface area contributed by atoms with Crippen LogP contribution in [0.3, 0.4) is 0 Å². The number of para-hydroxylation sites is 1. The van der Waals surface area contributed by atoms with E-state index in [-0.39, 0.29) is 27.7 Å². The Morgan fingerprint density at radius 2 is 1.07 bits per heavy atom. The normalized spacial score (nSPS) is 10.9. The van der Waals surface area contributed by atoms with Crippen LogP contribution in [0.2, 0.25) is 0 Å². The minimum absolute atomic E-state index is 0. The molecule has 28 heavy (non-hydrogen) atoms. The van der Waals surface area contributed by atoms with Gasteiger partial charge in [0.15, 0.2) is 0 Å². The molecule has 2 unspecified atom stereocenters. The van der Waals surface area contributed by atoms with Gasteiger partial charge < -0.3 is 29.9 Å². The quantitative estimate of drug-likeness (QED) is 0.321. The van der Waals surface area contributed by atoms with Crippen molar-refractivity contribution in [2.45, 2.75) is 91.9 Å². The van der Waals surface area contributed by atoms with Gasteiger partial charge in [0.05, 0.1) is 0 Å². The third kappa shape index (κ3) is 33.1. The summed E-state index contributed by atoms with van der Waals surface area (Å²) in [6.07, 6.45) is 13.3. The molecule has 0 aliphatic heterocycles. The predicted molar refractivity (Wildman–Crippen MR) is 122 cm³/mol. The van der Waals surface area contributed by atoms with Gasteiger partial charge in [-0.2, -0.15) is 11.8 Å². The Balaban J connectivity index is -0.0000000901. The van der Waals surface area contributed by atoms with Gasteiger partial charge in [-0.25, -0.2) is 0 Å². The van der Waals surface area contributed by atoms with Crippen molar-refractivity contribution in [3.63, 3.8) is 0 Å². The molecule has 0 saturated carbocycles. The van der Waals surface area contributed by atoms with Gasteiger partial charge in [0.25, 0.3) is 0 Å². The zero-order valence-electron chi connectivity index (χ0n) is 18.8. The summed E-state index contributed by atoms with van der Waals surface area (Å²) in [5.41, 5.74) is 0. The van der Waals surface area contributed by atoms with Crippen LogP contribution < -0.4 is 0 Å². The van der Waals surface area contributed by atoms with E-state index in [1.165, 1.54) is 64.2 Å². The molecule has 0 fully saturated rings. The monoisotopic (exact) mass is 443 g/mol. The topological polar surface area (TPSA) is 83.2 Å². The molecular formula is C24H48CoO3. The van der Waals surface area contributed by atoms with Crippen molar-refractivity contribution in [2.75, 3.05) is 0 Å². The average Bonchev–Trinajstić information content (AvgIpc) is 2.63. The van der Waals surface area contributed by atoms with Gasteiger partial charge in [-0.3, -0.25) is 0 Å². The van der Waals surface area contributed by atoms with Crippen LogP contribution in [0.4, 0.5) is 0 Å². The maximum absolute atomic E-state index is 8.63. The second-order valence-electron chi connectivity index (χ2n) is 6.88. The Hall–Kier alpha value is -0.554. The minimum Gasteiger partial charge on any atom is -0.508 e. The molecule has 0 bridgehead atoms. The average molecular weight is 444 g/mol. The van der Waals surface area contributed by atoms with Gasteiger partial charge >= 0.3 is 16.8 Å². The molecule has 5 N–H and O–H groups in total. The number of phenolic OH excluding ortho intramolecular Hbond substituents is 1. The molecule has 0 amide bonds. The summed E-state index contributed by atoms with van der Waals surface area (Å²) in [5, 5.41) is 8.63. The van der Waals surface area contributed by atoms with E-state index in [0.717, 1.165) is 0 Å². The second-order valence-corrected chi connectivity index (χ2v) is 6.88. The summed E-state index contributed by atoms with van der Waals surface area (Å²) >= 11 is 0. The first-order valence-electron chi connectivity index (χ1n) is 10.4. The van der Waals surface area contributed by atoms with E-state index in [2.05, 4.69) is 41.5 Å². The van der Waals surface area contributed by atoms with Crippen LogP contribution in [-0.2, 0) is 16.8 Å². The van der Waals surface area contributed by atoms with Crippen LogP contribution in [0, 0.1) is 25.7 Å². The van der Waals surface area contributed by atoms with E-state index in [0.29, 0.717) is 17.6 Å². The van der Waals surface area contributed by atoms with Crippen molar-refractivity contribution in [1.29, 1.82) is 0 Å². The number of aromatic hydroxyl groups is 1.